The van der Waals surface area contributed by atoms with Gasteiger partial charge in [-0.15, -0.1) is 0 Å². The van der Waals surface area contributed by atoms with Gasteiger partial charge in [-0.25, -0.2) is 0 Å². The van der Waals surface area contributed by atoms with Crippen LogP contribution in [0.3, 0.4) is 0 Å². The second-order valence-electron chi connectivity index (χ2n) is 31.1. The average Bonchev–Trinajstić information content (AvgIpc) is 1.48. The highest BCUT2D eigenvalue weighted by Crippen LogP contribution is 2.54. The number of benzene rings is 18. The number of rotatable bonds is 15. The summed E-state index contributed by atoms with van der Waals surface area (Å²) in [7, 11) is 6.34. The molecule has 0 bridgehead atoms. The molecule has 6 heteroatoms. The van der Waals surface area contributed by atoms with E-state index in [1.54, 1.807) is 0 Å². The molecule has 556 valence electrons. The van der Waals surface area contributed by atoms with E-state index in [9.17, 15) is 0 Å². The van der Waals surface area contributed by atoms with E-state index in [1.165, 1.54) is 127 Å². The van der Waals surface area contributed by atoms with Crippen LogP contribution in [0.5, 0.6) is 0 Å². The van der Waals surface area contributed by atoms with E-state index in [2.05, 4.69) is 485 Å². The van der Waals surface area contributed by atoms with Crippen LogP contribution in [-0.4, -0.2) is 21.1 Å². The van der Waals surface area contributed by atoms with Gasteiger partial charge in [-0.1, -0.05) is 276 Å². The fourth-order valence-electron chi connectivity index (χ4n) is 17.3. The van der Waals surface area contributed by atoms with Gasteiger partial charge in [-0.2, -0.15) is 0 Å². The summed E-state index contributed by atoms with van der Waals surface area (Å²) in [4.78, 5) is 13.8. The molecule has 0 amide bonds. The first kappa shape index (κ1) is 72.3. The van der Waals surface area contributed by atoms with Gasteiger partial charge in [0.25, 0.3) is 0 Å². The minimum absolute atomic E-state index is 0.0720. The molecule has 2 aliphatic rings. The van der Waals surface area contributed by atoms with Crippen LogP contribution in [0.4, 0.5) is 85.3 Å². The lowest BCUT2D eigenvalue weighted by Gasteiger charge is -2.30. The maximum Gasteiger partial charge on any atom is 0.0540 e. The minimum Gasteiger partial charge on any atom is -0.345 e. The fourth-order valence-corrected chi connectivity index (χ4v) is 17.3. The molecule has 0 N–H and O–H groups in total. The number of hydrogen-bond acceptors (Lipinski definition) is 6. The van der Waals surface area contributed by atoms with Gasteiger partial charge in [0.2, 0.25) is 0 Å². The monoisotopic (exact) mass is 1480 g/mol. The maximum absolute atomic E-state index is 2.44. The molecule has 20 rings (SSSR count). The average molecular weight is 1480 g/mol. The summed E-state index contributed by atoms with van der Waals surface area (Å²) >= 11 is 0. The van der Waals surface area contributed by atoms with Crippen molar-refractivity contribution in [3.63, 3.8) is 0 Å². The van der Waals surface area contributed by atoms with Crippen molar-refractivity contribution in [1.82, 2.24) is 0 Å². The van der Waals surface area contributed by atoms with Gasteiger partial charge in [-0.05, 0) is 247 Å². The molecule has 6 nitrogen and oxygen atoms in total. The first-order valence-corrected chi connectivity index (χ1v) is 39.8. The first-order valence-electron chi connectivity index (χ1n) is 39.8. The van der Waals surface area contributed by atoms with Crippen molar-refractivity contribution in [3.8, 4) is 22.3 Å². The second kappa shape index (κ2) is 30.8. The van der Waals surface area contributed by atoms with E-state index >= 15 is 0 Å². The van der Waals surface area contributed by atoms with Crippen molar-refractivity contribution < 1.29 is 0 Å². The molecule has 0 radical (unpaired) electrons. The van der Waals surface area contributed by atoms with E-state index in [4.69, 9.17) is 0 Å². The topological polar surface area (TPSA) is 19.4 Å². The van der Waals surface area contributed by atoms with Gasteiger partial charge in [0, 0.05) is 117 Å². The highest BCUT2D eigenvalue weighted by molar-refractivity contribution is 6.05. The Bertz CT molecular complexity index is 6260. The van der Waals surface area contributed by atoms with Gasteiger partial charge in [0.15, 0.2) is 0 Å². The SMILES string of the molecule is CN(c1ccccc1)c1ccc(N(c2ccc3c(c2)C(C)(C)c2ccccc2-3)c2ccc3c(c2)C(C)(C)c2ccccc2-3)cc1.CN(c1ccccc1)c1ccc(N(c2ccc3ccccc3c2)c2ccc3ccccc3c2)cc1.CN(c1ccccc1)c1ccc(N(c2cccc3ccccc23)c2cccc3ccccc23)cc1. The smallest absolute Gasteiger partial charge is 0.0540 e. The molecular formula is C109H90N6. The fraction of sp³-hybridized carbons (Fsp3) is 0.0826. The lowest BCUT2D eigenvalue weighted by atomic mass is 9.82. The van der Waals surface area contributed by atoms with E-state index in [1.807, 2.05) is 12.1 Å². The van der Waals surface area contributed by atoms with Gasteiger partial charge >= 0.3 is 0 Å². The number of nitrogens with zero attached hydrogens (tertiary/aromatic N) is 6. The largest absolute Gasteiger partial charge is 0.345 e. The molecule has 18 aromatic carbocycles. The number of para-hydroxylation sites is 3. The Kier molecular flexibility index (Phi) is 19.4. The van der Waals surface area contributed by atoms with Crippen molar-refractivity contribution in [2.24, 2.45) is 0 Å². The molecule has 115 heavy (non-hydrogen) atoms. The van der Waals surface area contributed by atoms with Crippen molar-refractivity contribution in [2.45, 2.75) is 38.5 Å². The lowest BCUT2D eigenvalue weighted by Crippen LogP contribution is -2.18. The zero-order valence-corrected chi connectivity index (χ0v) is 66.0. The summed E-state index contributed by atoms with van der Waals surface area (Å²) in [5.74, 6) is 0. The number of hydrogen-bond donors (Lipinski definition) is 0. The molecular weight excluding hydrogens is 1390 g/mol. The molecule has 2 aliphatic carbocycles. The van der Waals surface area contributed by atoms with Crippen LogP contribution >= 0.6 is 0 Å². The Morgan fingerprint density at radius 3 is 0.791 bits per heavy atom. The Labute approximate surface area is 676 Å². The second-order valence-corrected chi connectivity index (χ2v) is 31.1. The Balaban J connectivity index is 0.000000121. The van der Waals surface area contributed by atoms with Gasteiger partial charge < -0.3 is 29.4 Å². The van der Waals surface area contributed by atoms with Crippen molar-refractivity contribution in [2.75, 3.05) is 50.5 Å². The molecule has 0 aromatic heterocycles. The summed E-state index contributed by atoms with van der Waals surface area (Å²) in [6.45, 7) is 9.43. The van der Waals surface area contributed by atoms with Crippen LogP contribution in [0.15, 0.2) is 419 Å². The summed E-state index contributed by atoms with van der Waals surface area (Å²) in [6.07, 6.45) is 0. The van der Waals surface area contributed by atoms with Crippen molar-refractivity contribution in [3.05, 3.63) is 441 Å². The number of anilines is 15. The third-order valence-corrected chi connectivity index (χ3v) is 23.6. The van der Waals surface area contributed by atoms with Crippen LogP contribution in [0.25, 0.3) is 65.3 Å². The minimum atomic E-state index is -0.0720. The quantitative estimate of drug-likeness (QED) is 0.101. The molecule has 0 saturated heterocycles. The molecule has 0 saturated carbocycles. The molecule has 18 aromatic rings. The maximum atomic E-state index is 2.44. The van der Waals surface area contributed by atoms with Gasteiger partial charge in [-0.3, -0.25) is 0 Å². The zero-order valence-electron chi connectivity index (χ0n) is 66.0. The van der Waals surface area contributed by atoms with E-state index in [0.717, 1.165) is 45.5 Å². The Hall–Kier alpha value is -14.2. The van der Waals surface area contributed by atoms with Crippen LogP contribution in [0.2, 0.25) is 0 Å². The molecule has 0 unspecified atom stereocenters. The Morgan fingerprint density at radius 2 is 0.417 bits per heavy atom. The normalized spacial score (nSPS) is 12.4. The van der Waals surface area contributed by atoms with Crippen molar-refractivity contribution >= 4 is 128 Å². The third kappa shape index (κ3) is 13.9. The third-order valence-electron chi connectivity index (χ3n) is 23.6. The zero-order chi connectivity index (χ0) is 78.2. The van der Waals surface area contributed by atoms with Crippen LogP contribution < -0.4 is 29.4 Å². The van der Waals surface area contributed by atoms with Crippen molar-refractivity contribution in [1.29, 1.82) is 0 Å². The molecule has 0 spiro atoms. The number of fused-ring (bicyclic) bond motifs is 10. The lowest BCUT2D eigenvalue weighted by molar-refractivity contribution is 0.660. The highest BCUT2D eigenvalue weighted by Gasteiger charge is 2.38. The summed E-state index contributed by atoms with van der Waals surface area (Å²) in [5.41, 5.74) is 28.1. The predicted octanol–water partition coefficient (Wildman–Crippen LogP) is 30.0. The first-order chi connectivity index (χ1) is 56.3. The molecule has 0 aliphatic heterocycles. The summed E-state index contributed by atoms with van der Waals surface area (Å²) in [5, 5.41) is 9.88. The van der Waals surface area contributed by atoms with E-state index in [0.29, 0.717) is 0 Å². The highest BCUT2D eigenvalue weighted by atomic mass is 15.2. The molecule has 0 heterocycles. The van der Waals surface area contributed by atoms with Gasteiger partial charge in [0.1, 0.15) is 0 Å². The summed E-state index contributed by atoms with van der Waals surface area (Å²) < 4.78 is 0. The van der Waals surface area contributed by atoms with E-state index < -0.39 is 0 Å². The van der Waals surface area contributed by atoms with E-state index in [-0.39, 0.29) is 10.8 Å². The molecule has 0 atom stereocenters. The standard InChI is InChI=1S/C43H38N2.2C33H26N2/c1-42(2)38-17-11-9-15-34(38)36-25-23-32(27-40(36)42)45(31-21-19-30(20-22-31)44(5)29-13-7-6-8-14-29)33-24-26-37-35-16-10-12-18-39(35)43(3,4)41(37)28-33;1-34(27-15-3-2-4-16-27)28-21-23-29(24-22-28)35(32-19-9-13-25-11-5-7-17-30(25)32)33-20-10-14-26-12-6-8-18-31(26)33;1-34(29-13-3-2-4-14-29)30-19-21-31(22-20-30)35(32-17-15-25-9-5-7-11-27(25)23-32)33-18-16-26-10-6-8-12-28(26)24-33/h6-28H,1-5H3;2*2-24H,1H3. The predicted molar refractivity (Wildman–Crippen MR) is 492 cm³/mol. The van der Waals surface area contributed by atoms with Gasteiger partial charge in [0.05, 0.1) is 11.4 Å². The van der Waals surface area contributed by atoms with Crippen LogP contribution in [-0.2, 0) is 10.8 Å². The summed E-state index contributed by atoms with van der Waals surface area (Å²) in [6, 6.07) is 151. The van der Waals surface area contributed by atoms with Crippen LogP contribution in [0.1, 0.15) is 49.9 Å². The Morgan fingerprint density at radius 1 is 0.165 bits per heavy atom. The molecule has 0 fully saturated rings. The van der Waals surface area contributed by atoms with Crippen LogP contribution in [0, 0.1) is 0 Å².